The Balaban J connectivity index is 2.82. The highest BCUT2D eigenvalue weighted by atomic mass is 16.1. The average Bonchev–Trinajstić information content (AvgIpc) is 2.51. The van der Waals surface area contributed by atoms with E-state index in [-0.39, 0.29) is 5.78 Å². The van der Waals surface area contributed by atoms with Crippen LogP contribution in [0.15, 0.2) is 37.4 Å². The van der Waals surface area contributed by atoms with Crippen LogP contribution in [0.1, 0.15) is 30.5 Å². The summed E-state index contributed by atoms with van der Waals surface area (Å²) in [5, 5.41) is 0. The first-order valence-electron chi connectivity index (χ1n) is 5.27. The van der Waals surface area contributed by atoms with Crippen molar-refractivity contribution in [1.29, 1.82) is 0 Å². The number of hydrogen-bond acceptors (Lipinski definition) is 1. The van der Waals surface area contributed by atoms with Gasteiger partial charge in [0.05, 0.1) is 0 Å². The summed E-state index contributed by atoms with van der Waals surface area (Å²) in [6.45, 7) is 11.6. The summed E-state index contributed by atoms with van der Waals surface area (Å²) in [6.07, 6.45) is 1.85. The van der Waals surface area contributed by atoms with Crippen LogP contribution < -0.4 is 0 Å². The van der Waals surface area contributed by atoms with Gasteiger partial charge in [-0.1, -0.05) is 43.0 Å². The third-order valence-electron chi connectivity index (χ3n) is 2.93. The van der Waals surface area contributed by atoms with E-state index in [0.717, 1.165) is 27.8 Å². The van der Waals surface area contributed by atoms with E-state index < -0.39 is 0 Å². The van der Waals surface area contributed by atoms with Crippen LogP contribution in [0.25, 0.3) is 16.7 Å². The number of carbonyl (C=O) groups excluding carboxylic acids is 1. The molecule has 1 heteroatoms. The first-order chi connectivity index (χ1) is 7.57. The predicted octanol–water partition coefficient (Wildman–Crippen LogP) is 3.72. The number of fused-ring (bicyclic) bond motifs is 1. The number of ketones is 1. The zero-order valence-electron chi connectivity index (χ0n) is 9.63. The first-order valence-corrected chi connectivity index (χ1v) is 5.27. The SMILES string of the molecule is C=C(C)c1cccc2c1/C(=C\C)C(=O)C2=C. The van der Waals surface area contributed by atoms with Crippen LogP contribution in [0.2, 0.25) is 0 Å². The van der Waals surface area contributed by atoms with Crippen molar-refractivity contribution in [2.45, 2.75) is 13.8 Å². The van der Waals surface area contributed by atoms with Gasteiger partial charge >= 0.3 is 0 Å². The summed E-state index contributed by atoms with van der Waals surface area (Å²) < 4.78 is 0. The van der Waals surface area contributed by atoms with Crippen LogP contribution in [-0.2, 0) is 4.79 Å². The molecule has 1 aromatic carbocycles. The summed E-state index contributed by atoms with van der Waals surface area (Å²) in [5.74, 6) is 0.0335. The summed E-state index contributed by atoms with van der Waals surface area (Å²) in [5.41, 5.74) is 5.28. The Kier molecular flexibility index (Phi) is 2.39. The maximum absolute atomic E-state index is 12.0. The molecule has 0 bridgehead atoms. The lowest BCUT2D eigenvalue weighted by molar-refractivity contribution is -0.108. The quantitative estimate of drug-likeness (QED) is 0.646. The molecule has 0 heterocycles. The lowest BCUT2D eigenvalue weighted by Crippen LogP contribution is -1.93. The fraction of sp³-hybridized carbons (Fsp3) is 0.133. The van der Waals surface area contributed by atoms with Crippen molar-refractivity contribution in [2.75, 3.05) is 0 Å². The summed E-state index contributed by atoms with van der Waals surface area (Å²) in [4.78, 5) is 12.0. The number of rotatable bonds is 1. The maximum atomic E-state index is 12.0. The zero-order chi connectivity index (χ0) is 11.9. The van der Waals surface area contributed by atoms with Crippen molar-refractivity contribution < 1.29 is 4.79 Å². The maximum Gasteiger partial charge on any atom is 0.193 e. The molecule has 0 fully saturated rings. The molecule has 80 valence electrons. The molecule has 0 radical (unpaired) electrons. The minimum absolute atomic E-state index is 0.0335. The minimum Gasteiger partial charge on any atom is -0.289 e. The minimum atomic E-state index is 0.0335. The third kappa shape index (κ3) is 1.28. The highest BCUT2D eigenvalue weighted by Crippen LogP contribution is 2.40. The summed E-state index contributed by atoms with van der Waals surface area (Å²) in [6, 6.07) is 5.88. The van der Waals surface area contributed by atoms with Crippen LogP contribution in [0.3, 0.4) is 0 Å². The highest BCUT2D eigenvalue weighted by molar-refractivity contribution is 6.47. The van der Waals surface area contributed by atoms with Gasteiger partial charge in [0.2, 0.25) is 0 Å². The molecule has 0 unspecified atom stereocenters. The van der Waals surface area contributed by atoms with E-state index in [1.165, 1.54) is 0 Å². The molecule has 0 aromatic heterocycles. The van der Waals surface area contributed by atoms with E-state index in [0.29, 0.717) is 5.57 Å². The molecule has 16 heavy (non-hydrogen) atoms. The van der Waals surface area contributed by atoms with Crippen molar-refractivity contribution in [3.05, 3.63) is 54.1 Å². The number of benzene rings is 1. The fourth-order valence-corrected chi connectivity index (χ4v) is 2.12. The number of carbonyl (C=O) groups is 1. The van der Waals surface area contributed by atoms with E-state index >= 15 is 0 Å². The molecule has 0 saturated heterocycles. The van der Waals surface area contributed by atoms with Crippen LogP contribution >= 0.6 is 0 Å². The molecule has 0 aliphatic heterocycles. The van der Waals surface area contributed by atoms with Crippen LogP contribution in [-0.4, -0.2) is 5.78 Å². The van der Waals surface area contributed by atoms with Crippen LogP contribution in [0.4, 0.5) is 0 Å². The van der Waals surface area contributed by atoms with Gasteiger partial charge in [-0.15, -0.1) is 0 Å². The molecule has 0 saturated carbocycles. The van der Waals surface area contributed by atoms with Gasteiger partial charge in [-0.3, -0.25) is 4.79 Å². The van der Waals surface area contributed by atoms with Gasteiger partial charge in [0.15, 0.2) is 5.78 Å². The Hall–Kier alpha value is -1.89. The van der Waals surface area contributed by atoms with E-state index in [9.17, 15) is 4.79 Å². The Bertz CT molecular complexity index is 545. The van der Waals surface area contributed by atoms with Gasteiger partial charge in [-0.2, -0.15) is 0 Å². The molecule has 0 N–H and O–H groups in total. The molecule has 0 atom stereocenters. The molecule has 2 rings (SSSR count). The molecule has 1 nitrogen and oxygen atoms in total. The van der Waals surface area contributed by atoms with Crippen molar-refractivity contribution >= 4 is 22.5 Å². The van der Waals surface area contributed by atoms with E-state index in [1.54, 1.807) is 0 Å². The summed E-state index contributed by atoms with van der Waals surface area (Å²) in [7, 11) is 0. The molecule has 0 spiro atoms. The lowest BCUT2D eigenvalue weighted by atomic mass is 9.96. The van der Waals surface area contributed by atoms with Gasteiger partial charge in [0.25, 0.3) is 0 Å². The topological polar surface area (TPSA) is 17.1 Å². The molecule has 1 aromatic rings. The predicted molar refractivity (Wildman–Crippen MR) is 68.8 cm³/mol. The average molecular weight is 210 g/mol. The van der Waals surface area contributed by atoms with Gasteiger partial charge in [-0.25, -0.2) is 0 Å². The second-order valence-corrected chi connectivity index (χ2v) is 4.02. The van der Waals surface area contributed by atoms with Crippen molar-refractivity contribution in [3.8, 4) is 0 Å². The van der Waals surface area contributed by atoms with E-state index in [4.69, 9.17) is 0 Å². The summed E-state index contributed by atoms with van der Waals surface area (Å²) >= 11 is 0. The first kappa shape index (κ1) is 10.6. The zero-order valence-corrected chi connectivity index (χ0v) is 9.63. The molecule has 1 aliphatic carbocycles. The Morgan fingerprint density at radius 1 is 1.38 bits per heavy atom. The Morgan fingerprint density at radius 3 is 2.62 bits per heavy atom. The number of Topliss-reactive ketones (excluding diaryl/α,β-unsaturated/α-hetero) is 1. The Morgan fingerprint density at radius 2 is 2.06 bits per heavy atom. The van der Waals surface area contributed by atoms with Crippen molar-refractivity contribution in [3.63, 3.8) is 0 Å². The van der Waals surface area contributed by atoms with E-state index in [1.807, 2.05) is 38.1 Å². The fourth-order valence-electron chi connectivity index (χ4n) is 2.12. The molecular weight excluding hydrogens is 196 g/mol. The third-order valence-corrected chi connectivity index (χ3v) is 2.93. The highest BCUT2D eigenvalue weighted by Gasteiger charge is 2.29. The van der Waals surface area contributed by atoms with Crippen LogP contribution in [0.5, 0.6) is 0 Å². The van der Waals surface area contributed by atoms with Crippen molar-refractivity contribution in [1.82, 2.24) is 0 Å². The second kappa shape index (κ2) is 3.60. The largest absolute Gasteiger partial charge is 0.289 e. The van der Waals surface area contributed by atoms with Crippen molar-refractivity contribution in [2.24, 2.45) is 0 Å². The molecular formula is C15H14O. The van der Waals surface area contributed by atoms with Gasteiger partial charge in [0.1, 0.15) is 0 Å². The smallest absolute Gasteiger partial charge is 0.193 e. The standard InChI is InChI=1S/C15H14O/c1-5-11-14-12(9(2)3)7-6-8-13(14)10(4)15(11)16/h5-8H,2,4H2,1,3H3/b11-5+. The molecule has 1 aliphatic rings. The second-order valence-electron chi connectivity index (χ2n) is 4.02. The Labute approximate surface area is 95.8 Å². The van der Waals surface area contributed by atoms with Gasteiger partial charge in [0, 0.05) is 16.7 Å². The van der Waals surface area contributed by atoms with Gasteiger partial charge < -0.3 is 0 Å². The number of allylic oxidation sites excluding steroid dienone is 4. The molecule has 0 amide bonds. The monoisotopic (exact) mass is 210 g/mol. The normalized spacial score (nSPS) is 16.8. The lowest BCUT2D eigenvalue weighted by Gasteiger charge is -2.07. The number of hydrogen-bond donors (Lipinski definition) is 0. The van der Waals surface area contributed by atoms with Gasteiger partial charge in [-0.05, 0) is 25.0 Å². The van der Waals surface area contributed by atoms with Crippen LogP contribution in [0, 0.1) is 0 Å². The van der Waals surface area contributed by atoms with E-state index in [2.05, 4.69) is 13.2 Å².